The van der Waals surface area contributed by atoms with Crippen LogP contribution in [0.3, 0.4) is 0 Å². The summed E-state index contributed by atoms with van der Waals surface area (Å²) < 4.78 is 47.9. The summed E-state index contributed by atoms with van der Waals surface area (Å²) in [5, 5.41) is 9.24. The number of fused-ring (bicyclic) bond motifs is 4. The average Bonchev–Trinajstić information content (AvgIpc) is 3.20. The highest BCUT2D eigenvalue weighted by Gasteiger charge is 2.60. The van der Waals surface area contributed by atoms with Crippen LogP contribution in [0.4, 0.5) is 13.2 Å². The lowest BCUT2D eigenvalue weighted by molar-refractivity contribution is -0.139. The molecule has 7 rings (SSSR count). The summed E-state index contributed by atoms with van der Waals surface area (Å²) in [6, 6.07) is 8.12. The van der Waals surface area contributed by atoms with E-state index in [1.165, 1.54) is 12.1 Å². The third kappa shape index (κ3) is 3.65. The van der Waals surface area contributed by atoms with Crippen molar-refractivity contribution in [2.24, 2.45) is 17.8 Å². The highest BCUT2D eigenvalue weighted by Crippen LogP contribution is 2.61. The van der Waals surface area contributed by atoms with Crippen LogP contribution < -0.4 is 4.74 Å². The molecule has 3 aliphatic carbocycles. The van der Waals surface area contributed by atoms with Gasteiger partial charge in [-0.15, -0.1) is 0 Å². The topological polar surface area (TPSA) is 89.6 Å². The number of imidazole rings is 1. The molecule has 3 aromatic heterocycles. The Bertz CT molecular complexity index is 1560. The van der Waals surface area contributed by atoms with E-state index in [2.05, 4.69) is 15.0 Å². The minimum Gasteiger partial charge on any atom is -0.481 e. The van der Waals surface area contributed by atoms with Gasteiger partial charge >= 0.3 is 12.6 Å². The van der Waals surface area contributed by atoms with Crippen molar-refractivity contribution >= 4 is 11.6 Å². The second-order valence-electron chi connectivity index (χ2n) is 10.4. The molecule has 38 heavy (non-hydrogen) atoms. The third-order valence-electron chi connectivity index (χ3n) is 8.41. The summed E-state index contributed by atoms with van der Waals surface area (Å²) in [7, 11) is 0. The Kier molecular flexibility index (Phi) is 5.21. The number of aromatic nitrogens is 4. The van der Waals surface area contributed by atoms with Crippen LogP contribution >= 0.6 is 0 Å². The van der Waals surface area contributed by atoms with Gasteiger partial charge in [0.25, 0.3) is 0 Å². The number of carboxylic acids is 1. The molecule has 0 spiro atoms. The minimum atomic E-state index is -2.93. The Hall–Kier alpha value is -3.95. The second kappa shape index (κ2) is 8.54. The summed E-state index contributed by atoms with van der Waals surface area (Å²) in [6.07, 6.45) is 7.73. The first kappa shape index (κ1) is 23.2. The maximum absolute atomic E-state index is 15.2. The summed E-state index contributed by atoms with van der Waals surface area (Å²) in [4.78, 5) is 24.9. The Labute approximate surface area is 215 Å². The van der Waals surface area contributed by atoms with Crippen LogP contribution in [0.15, 0.2) is 48.9 Å². The molecule has 3 heterocycles. The maximum atomic E-state index is 15.2. The molecule has 0 amide bonds. The predicted molar refractivity (Wildman–Crippen MR) is 129 cm³/mol. The Balaban J connectivity index is 1.21. The molecule has 5 atom stereocenters. The van der Waals surface area contributed by atoms with Gasteiger partial charge in [-0.3, -0.25) is 4.79 Å². The minimum absolute atomic E-state index is 0.121. The number of halogens is 3. The van der Waals surface area contributed by atoms with E-state index >= 15 is 4.39 Å². The number of pyridine rings is 1. The fourth-order valence-corrected chi connectivity index (χ4v) is 6.70. The molecule has 0 aliphatic heterocycles. The molecular weight excluding hydrogens is 497 g/mol. The molecule has 2 unspecified atom stereocenters. The quantitative estimate of drug-likeness (QED) is 0.365. The summed E-state index contributed by atoms with van der Waals surface area (Å²) in [6.45, 7) is -2.93. The molecule has 4 aromatic rings. The zero-order valence-electron chi connectivity index (χ0n) is 20.1. The van der Waals surface area contributed by atoms with E-state index in [1.807, 2.05) is 4.40 Å². The van der Waals surface area contributed by atoms with Gasteiger partial charge in [0.15, 0.2) is 0 Å². The number of nitrogens with zero attached hydrogens (tertiary/aromatic N) is 4. The largest absolute Gasteiger partial charge is 0.481 e. The molecule has 7 nitrogen and oxygen atoms in total. The molecule has 1 aromatic carbocycles. The van der Waals surface area contributed by atoms with Crippen LogP contribution in [0.2, 0.25) is 0 Å². The molecule has 2 fully saturated rings. The molecule has 0 radical (unpaired) electrons. The number of para-hydroxylation sites is 1. The molecule has 1 N–H and O–H groups in total. The molecule has 3 aliphatic rings. The Morgan fingerprint density at radius 2 is 1.87 bits per heavy atom. The first-order valence-corrected chi connectivity index (χ1v) is 12.7. The van der Waals surface area contributed by atoms with Crippen LogP contribution in [0.1, 0.15) is 53.9 Å². The number of hydrogen-bond acceptors (Lipinski definition) is 5. The van der Waals surface area contributed by atoms with Crippen molar-refractivity contribution in [2.45, 2.75) is 44.1 Å². The van der Waals surface area contributed by atoms with E-state index in [0.717, 1.165) is 24.2 Å². The lowest BCUT2D eigenvalue weighted by Gasteiger charge is -2.17. The van der Waals surface area contributed by atoms with Gasteiger partial charge in [-0.1, -0.05) is 18.2 Å². The summed E-state index contributed by atoms with van der Waals surface area (Å²) >= 11 is 0. The molecule has 194 valence electrons. The first-order valence-electron chi connectivity index (χ1n) is 12.7. The van der Waals surface area contributed by atoms with Crippen molar-refractivity contribution in [2.75, 3.05) is 0 Å². The lowest BCUT2D eigenvalue weighted by atomic mass is 9.95. The third-order valence-corrected chi connectivity index (χ3v) is 8.41. The highest BCUT2D eigenvalue weighted by molar-refractivity contribution is 5.74. The lowest BCUT2D eigenvalue weighted by Crippen LogP contribution is -2.09. The van der Waals surface area contributed by atoms with Crippen LogP contribution in [0.25, 0.3) is 16.8 Å². The van der Waals surface area contributed by atoms with Crippen molar-refractivity contribution in [3.63, 3.8) is 0 Å². The van der Waals surface area contributed by atoms with Crippen molar-refractivity contribution in [3.05, 3.63) is 77.5 Å². The van der Waals surface area contributed by atoms with Gasteiger partial charge in [-0.05, 0) is 43.6 Å². The second-order valence-corrected chi connectivity index (χ2v) is 10.4. The number of hydrogen-bond donors (Lipinski definition) is 1. The Morgan fingerprint density at radius 3 is 2.58 bits per heavy atom. The van der Waals surface area contributed by atoms with E-state index < -0.39 is 18.4 Å². The van der Waals surface area contributed by atoms with Gasteiger partial charge in [0.1, 0.15) is 23.0 Å². The maximum Gasteiger partial charge on any atom is 0.387 e. The van der Waals surface area contributed by atoms with Gasteiger partial charge in [0, 0.05) is 53.2 Å². The number of carboxylic acid groups (broad SMARTS) is 1. The van der Waals surface area contributed by atoms with E-state index in [-0.39, 0.29) is 35.3 Å². The smallest absolute Gasteiger partial charge is 0.387 e. The summed E-state index contributed by atoms with van der Waals surface area (Å²) in [5.74, 6) is -0.333. The van der Waals surface area contributed by atoms with E-state index in [9.17, 15) is 18.7 Å². The zero-order valence-corrected chi connectivity index (χ0v) is 20.1. The average molecular weight is 521 g/mol. The van der Waals surface area contributed by atoms with Gasteiger partial charge in [-0.2, -0.15) is 8.78 Å². The SMILES string of the molecule is O=C(O)C1[C@H]2CC(c3ncc(-c4cn5c6c(nc5cc4F)CC[C@@H]6c4ccccc4OC(F)F)cn3)C[C@@H]12. The van der Waals surface area contributed by atoms with Gasteiger partial charge in [0.05, 0.1) is 17.3 Å². The number of benzene rings is 1. The number of aliphatic carboxylic acids is 1. The molecule has 0 saturated heterocycles. The van der Waals surface area contributed by atoms with Crippen molar-refractivity contribution in [1.82, 2.24) is 19.4 Å². The summed E-state index contributed by atoms with van der Waals surface area (Å²) in [5.41, 5.74) is 3.56. The van der Waals surface area contributed by atoms with Crippen molar-refractivity contribution in [1.29, 1.82) is 0 Å². The van der Waals surface area contributed by atoms with Gasteiger partial charge in [0.2, 0.25) is 0 Å². The normalized spacial score (nSPS) is 25.5. The van der Waals surface area contributed by atoms with E-state index in [4.69, 9.17) is 4.74 Å². The van der Waals surface area contributed by atoms with Gasteiger partial charge < -0.3 is 14.2 Å². The molecule has 10 heteroatoms. The Morgan fingerprint density at radius 1 is 1.13 bits per heavy atom. The standard InChI is InChI=1S/C28H23F3N4O3/c29-20-9-23-34-21-6-5-16(15-3-1-2-4-22(15)38-28(30)31)25(21)35(23)12-19(20)14-10-32-26(33-11-14)13-7-17-18(8-13)24(17)27(36)37/h1-4,9-13,16-18,24,28H,5-8H2,(H,36,37)/t13?,16-,17-,18+,24?/m1/s1. The number of carbonyl (C=O) groups is 1. The van der Waals surface area contributed by atoms with E-state index in [0.29, 0.717) is 41.0 Å². The molecule has 0 bridgehead atoms. The van der Waals surface area contributed by atoms with Crippen LogP contribution in [0, 0.1) is 23.6 Å². The van der Waals surface area contributed by atoms with E-state index in [1.54, 1.807) is 36.8 Å². The molecular formula is C28H23F3N4O3. The monoisotopic (exact) mass is 520 g/mol. The number of ether oxygens (including phenoxy) is 1. The van der Waals surface area contributed by atoms with Gasteiger partial charge in [-0.25, -0.2) is 19.3 Å². The number of aryl methyl sites for hydroxylation is 1. The first-order chi connectivity index (χ1) is 18.4. The predicted octanol–water partition coefficient (Wildman–Crippen LogP) is 5.43. The number of rotatable bonds is 6. The number of alkyl halides is 2. The van der Waals surface area contributed by atoms with Crippen molar-refractivity contribution in [3.8, 4) is 16.9 Å². The fourth-order valence-electron chi connectivity index (χ4n) is 6.70. The highest BCUT2D eigenvalue weighted by atomic mass is 19.3. The van der Waals surface area contributed by atoms with Crippen molar-refractivity contribution < 1.29 is 27.8 Å². The molecule has 2 saturated carbocycles. The van der Waals surface area contributed by atoms with Crippen LogP contribution in [0.5, 0.6) is 5.75 Å². The van der Waals surface area contributed by atoms with Crippen LogP contribution in [-0.4, -0.2) is 37.0 Å². The van der Waals surface area contributed by atoms with Crippen LogP contribution in [-0.2, 0) is 11.2 Å². The fraction of sp³-hybridized carbons (Fsp3) is 0.357. The zero-order chi connectivity index (χ0) is 26.1.